The predicted molar refractivity (Wildman–Crippen MR) is 162 cm³/mol. The first-order valence-corrected chi connectivity index (χ1v) is 15.1. The summed E-state index contributed by atoms with van der Waals surface area (Å²) in [5.41, 5.74) is 0.927. The number of rotatable bonds is 9. The molecule has 0 aliphatic heterocycles. The van der Waals surface area contributed by atoms with Crippen LogP contribution in [0.3, 0.4) is 0 Å². The van der Waals surface area contributed by atoms with Crippen LogP contribution >= 0.6 is 34.8 Å². The largest absolute Gasteiger partial charge is 0.350 e. The minimum absolute atomic E-state index is 0.0109. The van der Waals surface area contributed by atoms with E-state index < -0.39 is 40.0 Å². The molecular weight excluding hydrogens is 593 g/mol. The molecule has 0 bridgehead atoms. The van der Waals surface area contributed by atoms with Crippen molar-refractivity contribution in [2.75, 3.05) is 10.8 Å². The van der Waals surface area contributed by atoms with Gasteiger partial charge in [0.25, 0.3) is 10.0 Å². The highest BCUT2D eigenvalue weighted by atomic mass is 35.5. The monoisotopic (exact) mass is 623 g/mol. The van der Waals surface area contributed by atoms with E-state index >= 15 is 0 Å². The number of benzene rings is 3. The van der Waals surface area contributed by atoms with Gasteiger partial charge in [-0.15, -0.1) is 0 Å². The maximum Gasteiger partial charge on any atom is 0.264 e. The van der Waals surface area contributed by atoms with Gasteiger partial charge in [0.1, 0.15) is 12.6 Å². The average molecular weight is 625 g/mol. The maximum atomic E-state index is 14.0. The van der Waals surface area contributed by atoms with Gasteiger partial charge in [0.15, 0.2) is 0 Å². The van der Waals surface area contributed by atoms with Gasteiger partial charge in [0, 0.05) is 17.1 Å². The van der Waals surface area contributed by atoms with Gasteiger partial charge in [0.2, 0.25) is 11.8 Å². The van der Waals surface area contributed by atoms with E-state index in [9.17, 15) is 18.0 Å². The van der Waals surface area contributed by atoms with Crippen LogP contribution in [0.4, 0.5) is 5.69 Å². The van der Waals surface area contributed by atoms with Crippen molar-refractivity contribution in [3.05, 3.63) is 92.9 Å². The number of hydrogen-bond donors (Lipinski definition) is 1. The van der Waals surface area contributed by atoms with Gasteiger partial charge < -0.3 is 10.2 Å². The summed E-state index contributed by atoms with van der Waals surface area (Å²) in [5, 5.41) is 3.84. The van der Waals surface area contributed by atoms with Gasteiger partial charge in [-0.25, -0.2) is 8.42 Å². The summed E-state index contributed by atoms with van der Waals surface area (Å²) in [6.07, 6.45) is 0. The van der Waals surface area contributed by atoms with Crippen molar-refractivity contribution < 1.29 is 18.0 Å². The molecule has 1 N–H and O–H groups in total. The molecule has 0 fully saturated rings. The van der Waals surface area contributed by atoms with Gasteiger partial charge in [-0.05, 0) is 82.1 Å². The average Bonchev–Trinajstić information content (AvgIpc) is 2.88. The third-order valence-corrected chi connectivity index (χ3v) is 8.80. The molecule has 3 rings (SSSR count). The third kappa shape index (κ3) is 7.91. The first-order chi connectivity index (χ1) is 18.6. The van der Waals surface area contributed by atoms with E-state index in [2.05, 4.69) is 5.32 Å². The van der Waals surface area contributed by atoms with Crippen LogP contribution in [0.15, 0.2) is 71.6 Å². The fourth-order valence-corrected chi connectivity index (χ4v) is 5.95. The first kappa shape index (κ1) is 31.7. The second-order valence-electron chi connectivity index (χ2n) is 10.4. The number of nitrogens with zero attached hydrogens (tertiary/aromatic N) is 2. The summed E-state index contributed by atoms with van der Waals surface area (Å²) >= 11 is 18.5. The molecular formula is C29H32Cl3N3O4S. The number of nitrogens with one attached hydrogen (secondary N) is 1. The van der Waals surface area contributed by atoms with Crippen LogP contribution in [0.25, 0.3) is 0 Å². The zero-order valence-electron chi connectivity index (χ0n) is 22.9. The van der Waals surface area contributed by atoms with E-state index in [0.29, 0.717) is 26.2 Å². The molecule has 40 heavy (non-hydrogen) atoms. The minimum Gasteiger partial charge on any atom is -0.350 e. The fraction of sp³-hybridized carbons (Fsp3) is 0.310. The quantitative estimate of drug-likeness (QED) is 0.295. The Hall–Kier alpha value is -2.78. The molecule has 3 aromatic carbocycles. The molecule has 2 amide bonds. The Morgan fingerprint density at radius 2 is 1.57 bits per heavy atom. The lowest BCUT2D eigenvalue weighted by Crippen LogP contribution is -2.54. The van der Waals surface area contributed by atoms with Crippen LogP contribution < -0.4 is 9.62 Å². The van der Waals surface area contributed by atoms with Crippen molar-refractivity contribution in [1.82, 2.24) is 10.2 Å². The topological polar surface area (TPSA) is 86.8 Å². The Labute approximate surface area is 251 Å². The van der Waals surface area contributed by atoms with Gasteiger partial charge >= 0.3 is 0 Å². The Bertz CT molecular complexity index is 1490. The normalized spacial score (nSPS) is 12.5. The van der Waals surface area contributed by atoms with Crippen LogP contribution in [0.2, 0.25) is 15.1 Å². The molecule has 0 aliphatic rings. The smallest absolute Gasteiger partial charge is 0.264 e. The van der Waals surface area contributed by atoms with Gasteiger partial charge in [-0.3, -0.25) is 13.9 Å². The van der Waals surface area contributed by atoms with E-state index in [1.54, 1.807) is 62.4 Å². The van der Waals surface area contributed by atoms with Gasteiger partial charge in [0.05, 0.1) is 20.6 Å². The Morgan fingerprint density at radius 1 is 0.925 bits per heavy atom. The van der Waals surface area contributed by atoms with E-state index in [4.69, 9.17) is 34.8 Å². The second kappa shape index (κ2) is 12.8. The van der Waals surface area contributed by atoms with Crippen LogP contribution in [-0.2, 0) is 26.2 Å². The summed E-state index contributed by atoms with van der Waals surface area (Å²) in [7, 11) is -4.19. The van der Waals surface area contributed by atoms with Crippen molar-refractivity contribution in [3.63, 3.8) is 0 Å². The molecule has 1 unspecified atom stereocenters. The number of anilines is 1. The lowest BCUT2D eigenvalue weighted by atomic mass is 10.1. The Kier molecular flexibility index (Phi) is 10.2. The van der Waals surface area contributed by atoms with Crippen LogP contribution in [0.1, 0.15) is 38.8 Å². The number of carbonyl (C=O) groups excluding carboxylic acids is 2. The van der Waals surface area contributed by atoms with Gasteiger partial charge in [-0.1, -0.05) is 65.1 Å². The number of aryl methyl sites for hydroxylation is 1. The molecule has 0 heterocycles. The van der Waals surface area contributed by atoms with Crippen molar-refractivity contribution in [1.29, 1.82) is 0 Å². The van der Waals surface area contributed by atoms with Crippen LogP contribution in [0.5, 0.6) is 0 Å². The third-order valence-electron chi connectivity index (χ3n) is 6.05. The molecule has 3 aromatic rings. The molecule has 214 valence electrons. The standard InChI is InChI=1S/C29H32Cl3N3O4S/c1-19-11-13-22(30)16-26(19)35(40(38,39)23-9-7-6-8-10-23)18-27(36)34(20(2)28(37)33-29(3,4)5)17-21-12-14-24(31)25(32)15-21/h6-16,20H,17-18H2,1-5H3,(H,33,37). The Morgan fingerprint density at radius 3 is 2.17 bits per heavy atom. The number of halogens is 3. The lowest BCUT2D eigenvalue weighted by molar-refractivity contribution is -0.140. The van der Waals surface area contributed by atoms with Crippen molar-refractivity contribution in [2.45, 2.75) is 57.6 Å². The van der Waals surface area contributed by atoms with Crippen molar-refractivity contribution in [3.8, 4) is 0 Å². The molecule has 7 nitrogen and oxygen atoms in total. The zero-order chi connectivity index (χ0) is 29.8. The van der Waals surface area contributed by atoms with Gasteiger partial charge in [-0.2, -0.15) is 0 Å². The van der Waals surface area contributed by atoms with Crippen molar-refractivity contribution >= 4 is 62.3 Å². The summed E-state index contributed by atoms with van der Waals surface area (Å²) in [6.45, 7) is 8.24. The highest BCUT2D eigenvalue weighted by Gasteiger charge is 2.34. The number of sulfonamides is 1. The molecule has 0 radical (unpaired) electrons. The summed E-state index contributed by atoms with van der Waals surface area (Å²) < 4.78 is 28.8. The fourth-order valence-electron chi connectivity index (χ4n) is 3.98. The molecule has 0 aliphatic carbocycles. The maximum absolute atomic E-state index is 14.0. The lowest BCUT2D eigenvalue weighted by Gasteiger charge is -2.34. The number of hydrogen-bond acceptors (Lipinski definition) is 4. The highest BCUT2D eigenvalue weighted by Crippen LogP contribution is 2.30. The minimum atomic E-state index is -4.19. The van der Waals surface area contributed by atoms with E-state index in [1.807, 2.05) is 20.8 Å². The van der Waals surface area contributed by atoms with E-state index in [-0.39, 0.29) is 17.1 Å². The van der Waals surface area contributed by atoms with E-state index in [1.165, 1.54) is 23.1 Å². The summed E-state index contributed by atoms with van der Waals surface area (Å²) in [5.74, 6) is -0.987. The predicted octanol–water partition coefficient (Wildman–Crippen LogP) is 6.48. The second-order valence-corrected chi connectivity index (χ2v) is 13.6. The molecule has 0 saturated heterocycles. The molecule has 0 aromatic heterocycles. The molecule has 11 heteroatoms. The molecule has 1 atom stereocenters. The first-order valence-electron chi connectivity index (χ1n) is 12.5. The SMILES string of the molecule is Cc1ccc(Cl)cc1N(CC(=O)N(Cc1ccc(Cl)c(Cl)c1)C(C)C(=O)NC(C)(C)C)S(=O)(=O)c1ccccc1. The zero-order valence-corrected chi connectivity index (χ0v) is 26.0. The number of carbonyl (C=O) groups is 2. The van der Waals surface area contributed by atoms with Crippen LogP contribution in [0, 0.1) is 6.92 Å². The summed E-state index contributed by atoms with van der Waals surface area (Å²) in [6, 6.07) is 16.6. The highest BCUT2D eigenvalue weighted by molar-refractivity contribution is 7.92. The number of amides is 2. The molecule has 0 saturated carbocycles. The molecule has 0 spiro atoms. The van der Waals surface area contributed by atoms with Crippen LogP contribution in [-0.4, -0.2) is 43.3 Å². The van der Waals surface area contributed by atoms with E-state index in [0.717, 1.165) is 4.31 Å². The Balaban J connectivity index is 2.08. The summed E-state index contributed by atoms with van der Waals surface area (Å²) in [4.78, 5) is 28.5. The van der Waals surface area contributed by atoms with Crippen molar-refractivity contribution in [2.24, 2.45) is 0 Å².